The predicted molar refractivity (Wildman–Crippen MR) is 99.3 cm³/mol. The fourth-order valence-corrected chi connectivity index (χ4v) is 5.13. The van der Waals surface area contributed by atoms with Crippen molar-refractivity contribution in [1.82, 2.24) is 9.88 Å². The van der Waals surface area contributed by atoms with Crippen molar-refractivity contribution >= 4 is 9.84 Å². The standard InChI is InChI=1S/C19H24N2O3S/c1-14-10-20-18(15(2)19(14)22)12-21(11-16-6-4-3-5-7-16)17-8-9-25(23,24)13-17/h3-7,10,17H,8-9,11-13H2,1-2H3,(H,20,22)/t17-/m1/s1. The minimum atomic E-state index is -2.96. The molecule has 2 aromatic rings. The topological polar surface area (TPSA) is 70.2 Å². The smallest absolute Gasteiger partial charge is 0.187 e. The second-order valence-electron chi connectivity index (χ2n) is 6.85. The van der Waals surface area contributed by atoms with Gasteiger partial charge in [0.1, 0.15) is 0 Å². The third kappa shape index (κ3) is 4.19. The van der Waals surface area contributed by atoms with Crippen LogP contribution in [0.1, 0.15) is 28.8 Å². The van der Waals surface area contributed by atoms with Crippen LogP contribution in [0.4, 0.5) is 0 Å². The number of hydrogen-bond acceptors (Lipinski definition) is 4. The Hall–Kier alpha value is -1.92. The van der Waals surface area contributed by atoms with Crippen molar-refractivity contribution in [3.8, 4) is 0 Å². The Morgan fingerprint density at radius 2 is 1.88 bits per heavy atom. The molecule has 0 unspecified atom stereocenters. The average molecular weight is 360 g/mol. The average Bonchev–Trinajstić information content (AvgIpc) is 2.95. The zero-order valence-electron chi connectivity index (χ0n) is 14.7. The Morgan fingerprint density at radius 1 is 1.16 bits per heavy atom. The van der Waals surface area contributed by atoms with Gasteiger partial charge in [-0.05, 0) is 25.8 Å². The third-order valence-electron chi connectivity index (χ3n) is 4.93. The van der Waals surface area contributed by atoms with E-state index < -0.39 is 9.84 Å². The molecule has 1 saturated heterocycles. The first kappa shape index (κ1) is 17.9. The molecule has 0 radical (unpaired) electrons. The Bertz CT molecular complexity index is 904. The van der Waals surface area contributed by atoms with Crippen LogP contribution >= 0.6 is 0 Å². The van der Waals surface area contributed by atoms with Crippen LogP contribution in [0.25, 0.3) is 0 Å². The summed E-state index contributed by atoms with van der Waals surface area (Å²) >= 11 is 0. The molecule has 2 heterocycles. The van der Waals surface area contributed by atoms with Crippen LogP contribution in [0.3, 0.4) is 0 Å². The summed E-state index contributed by atoms with van der Waals surface area (Å²) in [6.45, 7) is 4.82. The molecule has 0 saturated carbocycles. The quantitative estimate of drug-likeness (QED) is 0.887. The maximum Gasteiger partial charge on any atom is 0.187 e. The summed E-state index contributed by atoms with van der Waals surface area (Å²) in [5, 5.41) is 0. The molecule has 0 aliphatic carbocycles. The highest BCUT2D eigenvalue weighted by atomic mass is 32.2. The van der Waals surface area contributed by atoms with Crippen molar-refractivity contribution in [3.05, 3.63) is 69.1 Å². The molecule has 5 nitrogen and oxygen atoms in total. The summed E-state index contributed by atoms with van der Waals surface area (Å²) in [4.78, 5) is 17.6. The van der Waals surface area contributed by atoms with E-state index >= 15 is 0 Å². The molecule has 1 fully saturated rings. The molecule has 25 heavy (non-hydrogen) atoms. The summed E-state index contributed by atoms with van der Waals surface area (Å²) in [5.74, 6) is 0.432. The first-order valence-corrected chi connectivity index (χ1v) is 10.3. The predicted octanol–water partition coefficient (Wildman–Crippen LogP) is 2.18. The molecule has 3 rings (SSSR count). The molecular formula is C19H24N2O3S. The van der Waals surface area contributed by atoms with E-state index in [1.54, 1.807) is 13.1 Å². The molecule has 0 spiro atoms. The lowest BCUT2D eigenvalue weighted by atomic mass is 10.1. The number of rotatable bonds is 5. The molecule has 0 bridgehead atoms. The molecule has 134 valence electrons. The second-order valence-corrected chi connectivity index (χ2v) is 9.08. The van der Waals surface area contributed by atoms with Crippen LogP contribution in [0, 0.1) is 13.8 Å². The summed E-state index contributed by atoms with van der Waals surface area (Å²) in [7, 11) is -2.96. The maximum atomic E-state index is 12.2. The van der Waals surface area contributed by atoms with Crippen molar-refractivity contribution < 1.29 is 8.42 Å². The number of pyridine rings is 1. The molecule has 6 heteroatoms. The lowest BCUT2D eigenvalue weighted by Gasteiger charge is -2.28. The van der Waals surface area contributed by atoms with Gasteiger partial charge in [-0.25, -0.2) is 8.42 Å². The van der Waals surface area contributed by atoms with Crippen molar-refractivity contribution in [3.63, 3.8) is 0 Å². The molecule has 1 aliphatic rings. The van der Waals surface area contributed by atoms with Crippen LogP contribution < -0.4 is 5.43 Å². The highest BCUT2D eigenvalue weighted by Gasteiger charge is 2.32. The second kappa shape index (κ2) is 7.14. The Labute approximate surface area is 148 Å². The first-order chi connectivity index (χ1) is 11.9. The number of nitrogens with zero attached hydrogens (tertiary/aromatic N) is 1. The van der Waals surface area contributed by atoms with E-state index in [0.29, 0.717) is 30.6 Å². The van der Waals surface area contributed by atoms with E-state index in [-0.39, 0.29) is 23.0 Å². The number of nitrogens with one attached hydrogen (secondary N) is 1. The van der Waals surface area contributed by atoms with Gasteiger partial charge in [-0.3, -0.25) is 9.69 Å². The Balaban J connectivity index is 1.89. The molecule has 1 N–H and O–H groups in total. The third-order valence-corrected chi connectivity index (χ3v) is 6.68. The minimum absolute atomic E-state index is 0.0191. The van der Waals surface area contributed by atoms with Gasteiger partial charge < -0.3 is 4.98 Å². The maximum absolute atomic E-state index is 12.2. The van der Waals surface area contributed by atoms with Crippen molar-refractivity contribution in [2.75, 3.05) is 11.5 Å². The van der Waals surface area contributed by atoms with Gasteiger partial charge in [-0.15, -0.1) is 0 Å². The van der Waals surface area contributed by atoms with Crippen LogP contribution in [0.2, 0.25) is 0 Å². The molecule has 0 amide bonds. The van der Waals surface area contributed by atoms with Crippen LogP contribution in [0.15, 0.2) is 41.3 Å². The fraction of sp³-hybridized carbons (Fsp3) is 0.421. The molecular weight excluding hydrogens is 336 g/mol. The molecule has 1 aromatic heterocycles. The first-order valence-electron chi connectivity index (χ1n) is 8.52. The molecule has 1 aromatic carbocycles. The van der Waals surface area contributed by atoms with Gasteiger partial charge in [0.25, 0.3) is 0 Å². The number of H-pyrrole nitrogens is 1. The van der Waals surface area contributed by atoms with E-state index in [0.717, 1.165) is 11.3 Å². The van der Waals surface area contributed by atoms with E-state index in [1.165, 1.54) is 0 Å². The van der Waals surface area contributed by atoms with Gasteiger partial charge in [0, 0.05) is 42.1 Å². The van der Waals surface area contributed by atoms with E-state index in [4.69, 9.17) is 0 Å². The number of aryl methyl sites for hydroxylation is 1. The van der Waals surface area contributed by atoms with Crippen LogP contribution in [-0.2, 0) is 22.9 Å². The van der Waals surface area contributed by atoms with E-state index in [1.807, 2.05) is 37.3 Å². The molecule has 1 aliphatic heterocycles. The van der Waals surface area contributed by atoms with Gasteiger partial charge in [0.2, 0.25) is 0 Å². The summed E-state index contributed by atoms with van der Waals surface area (Å²) < 4.78 is 23.9. The largest absolute Gasteiger partial charge is 0.363 e. The van der Waals surface area contributed by atoms with Crippen molar-refractivity contribution in [2.24, 2.45) is 0 Å². The van der Waals surface area contributed by atoms with Gasteiger partial charge in [0.05, 0.1) is 11.5 Å². The lowest BCUT2D eigenvalue weighted by molar-refractivity contribution is 0.191. The number of aromatic amines is 1. The summed E-state index contributed by atoms with van der Waals surface area (Å²) in [6.07, 6.45) is 2.38. The number of sulfone groups is 1. The highest BCUT2D eigenvalue weighted by molar-refractivity contribution is 7.91. The zero-order chi connectivity index (χ0) is 18.0. The van der Waals surface area contributed by atoms with Gasteiger partial charge >= 0.3 is 0 Å². The number of hydrogen-bond donors (Lipinski definition) is 1. The monoisotopic (exact) mass is 360 g/mol. The number of aromatic nitrogens is 1. The lowest BCUT2D eigenvalue weighted by Crippen LogP contribution is -2.36. The Kier molecular flexibility index (Phi) is 5.11. The summed E-state index contributed by atoms with van der Waals surface area (Å²) in [5.41, 5.74) is 3.44. The SMILES string of the molecule is Cc1c[nH]c(CN(Cc2ccccc2)[C@@H]2CCS(=O)(=O)C2)c(C)c1=O. The van der Waals surface area contributed by atoms with E-state index in [9.17, 15) is 13.2 Å². The fourth-order valence-electron chi connectivity index (χ4n) is 3.36. The summed E-state index contributed by atoms with van der Waals surface area (Å²) in [6, 6.07) is 10.0. The van der Waals surface area contributed by atoms with Gasteiger partial charge in [0.15, 0.2) is 15.3 Å². The highest BCUT2D eigenvalue weighted by Crippen LogP contribution is 2.22. The minimum Gasteiger partial charge on any atom is -0.363 e. The number of benzene rings is 1. The Morgan fingerprint density at radius 3 is 2.52 bits per heavy atom. The normalized spacial score (nSPS) is 19.4. The van der Waals surface area contributed by atoms with Crippen LogP contribution in [0.5, 0.6) is 0 Å². The van der Waals surface area contributed by atoms with Gasteiger partial charge in [-0.2, -0.15) is 0 Å². The molecule has 1 atom stereocenters. The van der Waals surface area contributed by atoms with Crippen LogP contribution in [-0.4, -0.2) is 35.8 Å². The zero-order valence-corrected chi connectivity index (χ0v) is 15.5. The van der Waals surface area contributed by atoms with Crippen molar-refractivity contribution in [2.45, 2.75) is 39.4 Å². The van der Waals surface area contributed by atoms with E-state index in [2.05, 4.69) is 9.88 Å². The van der Waals surface area contributed by atoms with Gasteiger partial charge in [-0.1, -0.05) is 30.3 Å². The van der Waals surface area contributed by atoms with Crippen molar-refractivity contribution in [1.29, 1.82) is 0 Å².